The van der Waals surface area contributed by atoms with Crippen molar-refractivity contribution < 1.29 is 4.21 Å². The summed E-state index contributed by atoms with van der Waals surface area (Å²) in [4.78, 5) is 0. The molecule has 1 rings (SSSR count). The van der Waals surface area contributed by atoms with Gasteiger partial charge in [0.2, 0.25) is 0 Å². The first-order valence-corrected chi connectivity index (χ1v) is 6.94. The Morgan fingerprint density at radius 3 is 2.41 bits per heavy atom. The molecule has 2 atom stereocenters. The van der Waals surface area contributed by atoms with Crippen LogP contribution in [0.3, 0.4) is 0 Å². The van der Waals surface area contributed by atoms with Crippen LogP contribution in [0.2, 0.25) is 0 Å². The highest BCUT2D eigenvalue weighted by Gasteiger charge is 2.22. The molecule has 0 heterocycles. The Bertz CT molecular complexity index is 381. The molecule has 0 radical (unpaired) electrons. The van der Waals surface area contributed by atoms with E-state index >= 15 is 0 Å². The molecule has 0 saturated carbocycles. The minimum Gasteiger partial charge on any atom is -0.242 e. The van der Waals surface area contributed by atoms with Crippen molar-refractivity contribution in [2.75, 3.05) is 0 Å². The Morgan fingerprint density at radius 1 is 1.35 bits per heavy atom. The Kier molecular flexibility index (Phi) is 5.09. The van der Waals surface area contributed by atoms with Crippen molar-refractivity contribution in [2.45, 2.75) is 38.0 Å². The standard InChI is InChI=1S/C14H21NOS/c1-5-9-13(12-10-7-6-8-11-12)15-17(16)14(2,3)4/h5-8,10-11,13,15H,1,9H2,2-4H3/t13-,17?/m1/s1. The van der Waals surface area contributed by atoms with Crippen molar-refractivity contribution in [2.24, 2.45) is 0 Å². The van der Waals surface area contributed by atoms with E-state index in [2.05, 4.69) is 11.3 Å². The molecule has 2 nitrogen and oxygen atoms in total. The van der Waals surface area contributed by atoms with Crippen LogP contribution in [0, 0.1) is 0 Å². The summed E-state index contributed by atoms with van der Waals surface area (Å²) in [5.41, 5.74) is 1.14. The van der Waals surface area contributed by atoms with Crippen LogP contribution in [0.5, 0.6) is 0 Å². The lowest BCUT2D eigenvalue weighted by atomic mass is 10.1. The molecule has 0 aliphatic heterocycles. The number of hydrogen-bond acceptors (Lipinski definition) is 1. The zero-order valence-corrected chi connectivity index (χ0v) is 11.6. The summed E-state index contributed by atoms with van der Waals surface area (Å²) < 4.78 is 15.0. The van der Waals surface area contributed by atoms with E-state index in [1.54, 1.807) is 0 Å². The zero-order valence-electron chi connectivity index (χ0n) is 10.8. The Morgan fingerprint density at radius 2 is 1.94 bits per heavy atom. The fourth-order valence-electron chi connectivity index (χ4n) is 1.41. The molecule has 94 valence electrons. The molecule has 0 aliphatic carbocycles. The fourth-order valence-corrected chi connectivity index (χ4v) is 2.25. The number of benzene rings is 1. The minimum atomic E-state index is -1.07. The van der Waals surface area contributed by atoms with Gasteiger partial charge in [-0.25, -0.2) is 8.93 Å². The van der Waals surface area contributed by atoms with Gasteiger partial charge in [-0.05, 0) is 32.8 Å². The molecule has 3 heteroatoms. The molecule has 1 N–H and O–H groups in total. The third kappa shape index (κ3) is 4.44. The van der Waals surface area contributed by atoms with Gasteiger partial charge in [0.05, 0.1) is 15.7 Å². The summed E-state index contributed by atoms with van der Waals surface area (Å²) in [7, 11) is -1.07. The maximum absolute atomic E-state index is 12.1. The fraction of sp³-hybridized carbons (Fsp3) is 0.429. The van der Waals surface area contributed by atoms with E-state index < -0.39 is 11.0 Å². The van der Waals surface area contributed by atoms with Gasteiger partial charge in [0, 0.05) is 6.04 Å². The zero-order chi connectivity index (χ0) is 12.9. The second-order valence-corrected chi connectivity index (χ2v) is 6.98. The molecule has 0 aliphatic rings. The SMILES string of the molecule is C=CC[C@@H](NS(=O)C(C)(C)C)c1ccccc1. The molecule has 1 aromatic carbocycles. The molecule has 0 amide bonds. The van der Waals surface area contributed by atoms with Crippen molar-refractivity contribution >= 4 is 11.0 Å². The molecular weight excluding hydrogens is 230 g/mol. The molecule has 0 fully saturated rings. The topological polar surface area (TPSA) is 29.1 Å². The lowest BCUT2D eigenvalue weighted by molar-refractivity contribution is 0.602. The van der Waals surface area contributed by atoms with Crippen LogP contribution < -0.4 is 4.72 Å². The Balaban J connectivity index is 2.81. The van der Waals surface area contributed by atoms with Crippen LogP contribution in [-0.2, 0) is 11.0 Å². The lowest BCUT2D eigenvalue weighted by Gasteiger charge is -2.23. The van der Waals surface area contributed by atoms with Crippen LogP contribution >= 0.6 is 0 Å². The summed E-state index contributed by atoms with van der Waals surface area (Å²) in [6.07, 6.45) is 2.62. The summed E-state index contributed by atoms with van der Waals surface area (Å²) in [5, 5.41) is 0. The summed E-state index contributed by atoms with van der Waals surface area (Å²) in [6.45, 7) is 9.65. The van der Waals surface area contributed by atoms with Gasteiger partial charge in [0.15, 0.2) is 0 Å². The molecule has 0 aromatic heterocycles. The molecule has 1 aromatic rings. The van der Waals surface area contributed by atoms with E-state index in [1.165, 1.54) is 0 Å². The van der Waals surface area contributed by atoms with E-state index in [9.17, 15) is 4.21 Å². The second kappa shape index (κ2) is 6.12. The first-order valence-electron chi connectivity index (χ1n) is 5.79. The summed E-state index contributed by atoms with van der Waals surface area (Å²) >= 11 is 0. The van der Waals surface area contributed by atoms with E-state index in [4.69, 9.17) is 0 Å². The predicted octanol–water partition coefficient (Wildman–Crippen LogP) is 3.36. The largest absolute Gasteiger partial charge is 0.242 e. The number of nitrogens with one attached hydrogen (secondary N) is 1. The smallest absolute Gasteiger partial charge is 0.0976 e. The third-order valence-electron chi connectivity index (χ3n) is 2.41. The van der Waals surface area contributed by atoms with Gasteiger partial charge >= 0.3 is 0 Å². The van der Waals surface area contributed by atoms with E-state index in [0.29, 0.717) is 0 Å². The molecular formula is C14H21NOS. The molecule has 1 unspecified atom stereocenters. The van der Waals surface area contributed by atoms with Crippen LogP contribution in [0.15, 0.2) is 43.0 Å². The van der Waals surface area contributed by atoms with Gasteiger partial charge in [-0.1, -0.05) is 36.4 Å². The molecule has 0 bridgehead atoms. The maximum Gasteiger partial charge on any atom is 0.0976 e. The van der Waals surface area contributed by atoms with E-state index in [0.717, 1.165) is 12.0 Å². The van der Waals surface area contributed by atoms with Gasteiger partial charge in [-0.2, -0.15) is 0 Å². The third-order valence-corrected chi connectivity index (χ3v) is 4.02. The highest BCUT2D eigenvalue weighted by atomic mass is 32.2. The molecule has 17 heavy (non-hydrogen) atoms. The first kappa shape index (κ1) is 14.1. The van der Waals surface area contributed by atoms with Crippen LogP contribution in [0.1, 0.15) is 38.8 Å². The van der Waals surface area contributed by atoms with Gasteiger partial charge in [-0.15, -0.1) is 6.58 Å². The van der Waals surface area contributed by atoms with E-state index in [1.807, 2.05) is 57.2 Å². The Hall–Kier alpha value is -0.930. The maximum atomic E-state index is 12.1. The normalized spacial score (nSPS) is 15.2. The average molecular weight is 251 g/mol. The summed E-state index contributed by atoms with van der Waals surface area (Å²) in [5.74, 6) is 0. The summed E-state index contributed by atoms with van der Waals surface area (Å²) in [6, 6.07) is 10.1. The second-order valence-electron chi connectivity index (χ2n) is 4.99. The van der Waals surface area contributed by atoms with Gasteiger partial charge in [-0.3, -0.25) is 0 Å². The van der Waals surface area contributed by atoms with E-state index in [-0.39, 0.29) is 10.8 Å². The van der Waals surface area contributed by atoms with Gasteiger partial charge in [0.1, 0.15) is 0 Å². The number of rotatable bonds is 5. The quantitative estimate of drug-likeness (QED) is 0.799. The van der Waals surface area contributed by atoms with Gasteiger partial charge < -0.3 is 0 Å². The highest BCUT2D eigenvalue weighted by Crippen LogP contribution is 2.20. The monoisotopic (exact) mass is 251 g/mol. The molecule has 0 spiro atoms. The van der Waals surface area contributed by atoms with Crippen molar-refractivity contribution in [3.8, 4) is 0 Å². The van der Waals surface area contributed by atoms with Gasteiger partial charge in [0.25, 0.3) is 0 Å². The average Bonchev–Trinajstić information content (AvgIpc) is 2.28. The lowest BCUT2D eigenvalue weighted by Crippen LogP contribution is -2.35. The van der Waals surface area contributed by atoms with Crippen LogP contribution in [-0.4, -0.2) is 8.96 Å². The van der Waals surface area contributed by atoms with Crippen molar-refractivity contribution in [3.63, 3.8) is 0 Å². The van der Waals surface area contributed by atoms with Crippen molar-refractivity contribution in [1.82, 2.24) is 4.72 Å². The molecule has 0 saturated heterocycles. The van der Waals surface area contributed by atoms with Crippen LogP contribution in [0.4, 0.5) is 0 Å². The predicted molar refractivity (Wildman–Crippen MR) is 75.0 cm³/mol. The highest BCUT2D eigenvalue weighted by molar-refractivity contribution is 7.84. The first-order chi connectivity index (χ1) is 7.95. The van der Waals surface area contributed by atoms with Crippen molar-refractivity contribution in [1.29, 1.82) is 0 Å². The Labute approximate surface area is 107 Å². The number of hydrogen-bond donors (Lipinski definition) is 1. The van der Waals surface area contributed by atoms with Crippen molar-refractivity contribution in [3.05, 3.63) is 48.6 Å². The minimum absolute atomic E-state index is 0.0637. The van der Waals surface area contributed by atoms with Crippen LogP contribution in [0.25, 0.3) is 0 Å².